The Bertz CT molecular complexity index is 501. The SMILES string of the molecule is CCCCCCCC/C=C\CCCCCCCCN1CC(C(=O)OCC(C)C)CC1=O. The number of carbonyl (C=O) groups excluding carboxylic acids is 2. The molecule has 4 nitrogen and oxygen atoms in total. The second kappa shape index (κ2) is 18.3. The number of likely N-dealkylation sites (tertiary alicyclic amines) is 1. The zero-order valence-corrected chi connectivity index (χ0v) is 20.7. The van der Waals surface area contributed by atoms with Crippen LogP contribution in [0.15, 0.2) is 12.2 Å². The molecule has 1 rings (SSSR count). The van der Waals surface area contributed by atoms with Crippen molar-refractivity contribution in [2.75, 3.05) is 19.7 Å². The molecule has 1 atom stereocenters. The molecule has 180 valence electrons. The van der Waals surface area contributed by atoms with E-state index in [0.717, 1.165) is 13.0 Å². The van der Waals surface area contributed by atoms with E-state index in [2.05, 4.69) is 19.1 Å². The minimum absolute atomic E-state index is 0.110. The smallest absolute Gasteiger partial charge is 0.311 e. The summed E-state index contributed by atoms with van der Waals surface area (Å²) in [7, 11) is 0. The number of ether oxygens (including phenoxy) is 1. The summed E-state index contributed by atoms with van der Waals surface area (Å²) in [5.74, 6) is -0.0246. The van der Waals surface area contributed by atoms with Gasteiger partial charge in [-0.3, -0.25) is 9.59 Å². The van der Waals surface area contributed by atoms with Gasteiger partial charge < -0.3 is 9.64 Å². The zero-order valence-electron chi connectivity index (χ0n) is 20.7. The van der Waals surface area contributed by atoms with Gasteiger partial charge in [0, 0.05) is 19.5 Å². The van der Waals surface area contributed by atoms with Crippen LogP contribution in [0.4, 0.5) is 0 Å². The summed E-state index contributed by atoms with van der Waals surface area (Å²) in [6.07, 6.45) is 23.1. The number of rotatable bonds is 19. The maximum atomic E-state index is 12.1. The monoisotopic (exact) mass is 435 g/mol. The maximum absolute atomic E-state index is 12.1. The number of allylic oxidation sites excluding steroid dienone is 2. The first kappa shape index (κ1) is 27.7. The van der Waals surface area contributed by atoms with Crippen molar-refractivity contribution >= 4 is 11.9 Å². The molecule has 1 aliphatic heterocycles. The summed E-state index contributed by atoms with van der Waals surface area (Å²) < 4.78 is 5.30. The molecule has 1 saturated heterocycles. The summed E-state index contributed by atoms with van der Waals surface area (Å²) in [5, 5.41) is 0. The van der Waals surface area contributed by atoms with Crippen LogP contribution in [-0.4, -0.2) is 36.5 Å². The van der Waals surface area contributed by atoms with Crippen molar-refractivity contribution in [2.24, 2.45) is 11.8 Å². The van der Waals surface area contributed by atoms with Crippen molar-refractivity contribution in [3.05, 3.63) is 12.2 Å². The largest absolute Gasteiger partial charge is 0.465 e. The lowest BCUT2D eigenvalue weighted by atomic mass is 10.1. The van der Waals surface area contributed by atoms with Crippen molar-refractivity contribution in [2.45, 2.75) is 117 Å². The van der Waals surface area contributed by atoms with Crippen LogP contribution < -0.4 is 0 Å². The standard InChI is InChI=1S/C27H49NO3/c1-4-5-6-7-8-9-10-11-12-13-14-15-16-17-18-19-20-28-22-25(21-26(28)29)27(30)31-23-24(2)3/h11-12,24-25H,4-10,13-23H2,1-3H3/b12-11-. The van der Waals surface area contributed by atoms with E-state index in [9.17, 15) is 9.59 Å². The minimum Gasteiger partial charge on any atom is -0.465 e. The average molecular weight is 436 g/mol. The van der Waals surface area contributed by atoms with Crippen LogP contribution in [0.2, 0.25) is 0 Å². The summed E-state index contributed by atoms with van der Waals surface area (Å²) >= 11 is 0. The zero-order chi connectivity index (χ0) is 22.7. The first-order chi connectivity index (χ1) is 15.0. The first-order valence-electron chi connectivity index (χ1n) is 13.1. The highest BCUT2D eigenvalue weighted by Crippen LogP contribution is 2.20. The van der Waals surface area contributed by atoms with Gasteiger partial charge in [0.05, 0.1) is 12.5 Å². The Labute approximate surface area is 192 Å². The molecule has 0 N–H and O–H groups in total. The van der Waals surface area contributed by atoms with E-state index in [1.54, 1.807) is 0 Å². The Kier molecular flexibility index (Phi) is 16.3. The normalized spacial score (nSPS) is 16.7. The molecule has 4 heteroatoms. The third-order valence-corrected chi connectivity index (χ3v) is 6.05. The van der Waals surface area contributed by atoms with E-state index in [0.29, 0.717) is 25.5 Å². The van der Waals surface area contributed by atoms with Crippen molar-refractivity contribution in [3.63, 3.8) is 0 Å². The molecule has 0 aromatic rings. The predicted molar refractivity (Wildman–Crippen MR) is 130 cm³/mol. The second-order valence-electron chi connectivity index (χ2n) is 9.70. The molecular weight excluding hydrogens is 386 g/mol. The number of unbranched alkanes of at least 4 members (excludes halogenated alkanes) is 12. The molecule has 0 saturated carbocycles. The van der Waals surface area contributed by atoms with Gasteiger partial charge in [0.2, 0.25) is 5.91 Å². The van der Waals surface area contributed by atoms with Crippen LogP contribution in [0.3, 0.4) is 0 Å². The molecule has 31 heavy (non-hydrogen) atoms. The van der Waals surface area contributed by atoms with Gasteiger partial charge in [0.1, 0.15) is 0 Å². The molecule has 1 aliphatic rings. The molecule has 0 aromatic carbocycles. The fourth-order valence-electron chi connectivity index (χ4n) is 4.06. The third-order valence-electron chi connectivity index (χ3n) is 6.05. The van der Waals surface area contributed by atoms with Crippen LogP contribution >= 0.6 is 0 Å². The number of amides is 1. The highest BCUT2D eigenvalue weighted by Gasteiger charge is 2.34. The molecule has 0 spiro atoms. The van der Waals surface area contributed by atoms with Gasteiger partial charge in [-0.25, -0.2) is 0 Å². The molecule has 1 unspecified atom stereocenters. The number of hydrogen-bond donors (Lipinski definition) is 0. The molecule has 1 amide bonds. The minimum atomic E-state index is -0.264. The van der Waals surface area contributed by atoms with Crippen molar-refractivity contribution in [1.82, 2.24) is 4.90 Å². The van der Waals surface area contributed by atoms with Gasteiger partial charge in [0.25, 0.3) is 0 Å². The fraction of sp³-hybridized carbons (Fsp3) is 0.852. The summed E-state index contributed by atoms with van der Waals surface area (Å²) in [5.41, 5.74) is 0. The van der Waals surface area contributed by atoms with Gasteiger partial charge in [0.15, 0.2) is 0 Å². The van der Waals surface area contributed by atoms with E-state index >= 15 is 0 Å². The lowest BCUT2D eigenvalue weighted by molar-refractivity contribution is -0.149. The highest BCUT2D eigenvalue weighted by atomic mass is 16.5. The molecular formula is C27H49NO3. The summed E-state index contributed by atoms with van der Waals surface area (Å²) in [4.78, 5) is 26.0. The van der Waals surface area contributed by atoms with E-state index in [-0.39, 0.29) is 17.8 Å². The molecule has 1 heterocycles. The number of nitrogens with zero attached hydrogens (tertiary/aromatic N) is 1. The quantitative estimate of drug-likeness (QED) is 0.124. The highest BCUT2D eigenvalue weighted by molar-refractivity contribution is 5.86. The van der Waals surface area contributed by atoms with E-state index in [1.807, 2.05) is 18.7 Å². The topological polar surface area (TPSA) is 46.6 Å². The number of hydrogen-bond acceptors (Lipinski definition) is 3. The lowest BCUT2D eigenvalue weighted by Gasteiger charge is -2.16. The van der Waals surface area contributed by atoms with E-state index in [1.165, 1.54) is 83.5 Å². The molecule has 0 aliphatic carbocycles. The Balaban J connectivity index is 1.92. The second-order valence-corrected chi connectivity index (χ2v) is 9.70. The summed E-state index contributed by atoms with van der Waals surface area (Å²) in [6, 6.07) is 0. The van der Waals surface area contributed by atoms with Gasteiger partial charge in [-0.2, -0.15) is 0 Å². The van der Waals surface area contributed by atoms with Crippen LogP contribution in [0.25, 0.3) is 0 Å². The van der Waals surface area contributed by atoms with Crippen molar-refractivity contribution in [3.8, 4) is 0 Å². The van der Waals surface area contributed by atoms with Gasteiger partial charge in [-0.05, 0) is 38.0 Å². The van der Waals surface area contributed by atoms with Gasteiger partial charge >= 0.3 is 5.97 Å². The average Bonchev–Trinajstić information content (AvgIpc) is 3.12. The molecule has 0 radical (unpaired) electrons. The van der Waals surface area contributed by atoms with Crippen LogP contribution in [-0.2, 0) is 14.3 Å². The lowest BCUT2D eigenvalue weighted by Crippen LogP contribution is -2.28. The van der Waals surface area contributed by atoms with E-state index in [4.69, 9.17) is 4.74 Å². The van der Waals surface area contributed by atoms with Crippen molar-refractivity contribution in [1.29, 1.82) is 0 Å². The molecule has 0 aromatic heterocycles. The van der Waals surface area contributed by atoms with Crippen LogP contribution in [0.1, 0.15) is 117 Å². The first-order valence-corrected chi connectivity index (χ1v) is 13.1. The molecule has 1 fully saturated rings. The summed E-state index contributed by atoms with van der Waals surface area (Å²) in [6.45, 7) is 8.08. The number of esters is 1. The van der Waals surface area contributed by atoms with E-state index < -0.39 is 0 Å². The third kappa shape index (κ3) is 14.4. The Morgan fingerprint density at radius 3 is 2.06 bits per heavy atom. The molecule has 0 bridgehead atoms. The Morgan fingerprint density at radius 1 is 0.935 bits per heavy atom. The Morgan fingerprint density at radius 2 is 1.48 bits per heavy atom. The van der Waals surface area contributed by atoms with Gasteiger partial charge in [-0.15, -0.1) is 0 Å². The number of carbonyl (C=O) groups is 2. The predicted octanol–water partition coefficient (Wildman–Crippen LogP) is 7.07. The Hall–Kier alpha value is -1.32. The van der Waals surface area contributed by atoms with Crippen LogP contribution in [0, 0.1) is 11.8 Å². The van der Waals surface area contributed by atoms with Crippen LogP contribution in [0.5, 0.6) is 0 Å². The van der Waals surface area contributed by atoms with Crippen molar-refractivity contribution < 1.29 is 14.3 Å². The fourth-order valence-corrected chi connectivity index (χ4v) is 4.06. The van der Waals surface area contributed by atoms with Gasteiger partial charge in [-0.1, -0.05) is 90.7 Å². The maximum Gasteiger partial charge on any atom is 0.311 e.